The number of nitrogens with one attached hydrogen (secondary N) is 2. The summed E-state index contributed by atoms with van der Waals surface area (Å²) in [4.78, 5) is 89.8. The van der Waals surface area contributed by atoms with Crippen LogP contribution in [0, 0.1) is 0 Å². The Morgan fingerprint density at radius 2 is 1.57 bits per heavy atom. The molecule has 0 spiro atoms. The highest BCUT2D eigenvalue weighted by molar-refractivity contribution is 6.05. The van der Waals surface area contributed by atoms with Crippen molar-refractivity contribution in [1.82, 2.24) is 19.8 Å². The fourth-order valence-electron chi connectivity index (χ4n) is 9.31. The summed E-state index contributed by atoms with van der Waals surface area (Å²) < 4.78 is 20.7. The predicted molar refractivity (Wildman–Crippen MR) is 242 cm³/mol. The van der Waals surface area contributed by atoms with E-state index < -0.39 is 48.1 Å². The zero-order valence-electron chi connectivity index (χ0n) is 37.5. The molecule has 16 nitrogen and oxygen atoms in total. The molecule has 0 saturated carbocycles. The lowest BCUT2D eigenvalue weighted by molar-refractivity contribution is -0.147. The van der Waals surface area contributed by atoms with Gasteiger partial charge in [-0.25, -0.2) is 4.79 Å². The first kappa shape index (κ1) is 46.9. The molecular weight excluding hydrogens is 833 g/mol. The zero-order valence-corrected chi connectivity index (χ0v) is 37.5. The number of amides is 5. The Bertz CT molecular complexity index is 2480. The van der Waals surface area contributed by atoms with Crippen LogP contribution in [0.5, 0.6) is 0 Å². The van der Waals surface area contributed by atoms with Crippen LogP contribution in [0.15, 0.2) is 65.5 Å². The molecule has 4 N–H and O–H groups in total. The van der Waals surface area contributed by atoms with Crippen LogP contribution < -0.4 is 27.0 Å². The molecular formula is C49H60N6O10. The van der Waals surface area contributed by atoms with Crippen LogP contribution in [-0.2, 0) is 82.3 Å². The maximum absolute atomic E-state index is 13.9. The lowest BCUT2D eigenvalue weighted by Crippen LogP contribution is -2.53. The maximum atomic E-state index is 13.9. The summed E-state index contributed by atoms with van der Waals surface area (Å²) in [6.45, 7) is 4.79. The van der Waals surface area contributed by atoms with Crippen LogP contribution in [0.2, 0.25) is 0 Å². The third-order valence-electron chi connectivity index (χ3n) is 12.7. The van der Waals surface area contributed by atoms with E-state index in [9.17, 15) is 33.6 Å². The van der Waals surface area contributed by atoms with E-state index in [-0.39, 0.29) is 49.1 Å². The third-order valence-corrected chi connectivity index (χ3v) is 12.7. The molecule has 1 fully saturated rings. The number of unbranched alkanes of at least 4 members (excludes halogenated alkanes) is 2. The Hall–Kier alpha value is -6.13. The van der Waals surface area contributed by atoms with E-state index in [0.717, 1.165) is 66.3 Å². The summed E-state index contributed by atoms with van der Waals surface area (Å²) in [6.07, 6.45) is 5.98. The lowest BCUT2D eigenvalue weighted by atomic mass is 10.0. The van der Waals surface area contributed by atoms with E-state index in [1.165, 1.54) is 17.1 Å². The first-order valence-corrected chi connectivity index (χ1v) is 22.8. The number of hydrogen-bond donors (Lipinski definition) is 3. The van der Waals surface area contributed by atoms with Crippen molar-refractivity contribution in [2.45, 2.75) is 134 Å². The Labute approximate surface area is 378 Å². The van der Waals surface area contributed by atoms with Crippen molar-refractivity contribution >= 4 is 52.2 Å². The molecule has 16 heteroatoms. The molecule has 3 aliphatic rings. The van der Waals surface area contributed by atoms with Gasteiger partial charge in [0.25, 0.3) is 0 Å². The summed E-state index contributed by atoms with van der Waals surface area (Å²) in [6, 6.07) is 17.8. The summed E-state index contributed by atoms with van der Waals surface area (Å²) in [5, 5.41) is 5.42. The van der Waals surface area contributed by atoms with E-state index in [0.29, 0.717) is 50.3 Å². The third kappa shape index (κ3) is 11.4. The topological polar surface area (TPSA) is 210 Å². The van der Waals surface area contributed by atoms with E-state index in [1.807, 2.05) is 55.5 Å². The standard InChI is InChI=1S/C49H60N6O10/c1-30(38(18-21-43(50)57)51-48(61)42-27-36-12-7-11-35-26-37(65-31(2)56)28-45(59)55(42)46(35)36)64-29-34-15-13-32(14-16-34)10-8-24-63-23-6-4-5-9-33-17-19-39-41(25-33)53(3)49(62)54(39)40-20-22-44(58)52-47(40)60/h7,11-17,19,25,30,37-38,40,42H,4-6,8-10,18,20-24,26-29H2,1-3H3,(H2,50,57)(H,51,61)(H,52,58,60)/t30-,37?,38+,40?,42+/m1/s1. The number of carbonyl (C=O) groups excluding carboxylic acids is 6. The van der Waals surface area contributed by atoms with Gasteiger partial charge in [0.2, 0.25) is 29.5 Å². The summed E-state index contributed by atoms with van der Waals surface area (Å²) in [7, 11) is 1.71. The number of anilines is 1. The molecule has 65 heavy (non-hydrogen) atoms. The van der Waals surface area contributed by atoms with E-state index in [1.54, 1.807) is 16.5 Å². The molecule has 0 bridgehead atoms. The number of primary amides is 1. The number of carbonyl (C=O) groups is 6. The number of rotatable bonds is 21. The molecule has 5 amide bonds. The van der Waals surface area contributed by atoms with Gasteiger partial charge in [0.05, 0.1) is 41.9 Å². The SMILES string of the molecule is CC(=O)OC1CC(=O)N2c3c(cccc3C[C@H]2C(=O)N[C@@H](CCC(N)=O)[C@@H](C)OCc2ccc(CCCOCCCCCc3ccc4c(c3)n(C)c(=O)n4C3CCC(=O)NC3=O)cc2)C1. The molecule has 5 atom stereocenters. The Balaban J connectivity index is 0.814. The molecule has 0 radical (unpaired) electrons. The molecule has 346 valence electrons. The molecule has 3 aromatic carbocycles. The van der Waals surface area contributed by atoms with Gasteiger partial charge >= 0.3 is 11.7 Å². The van der Waals surface area contributed by atoms with Gasteiger partial charge in [0.15, 0.2) is 0 Å². The number of fused-ring (bicyclic) bond motifs is 1. The second-order valence-electron chi connectivity index (χ2n) is 17.5. The molecule has 0 aliphatic carbocycles. The number of piperidine rings is 1. The number of hydrogen-bond acceptors (Lipinski definition) is 10. The van der Waals surface area contributed by atoms with E-state index in [4.69, 9.17) is 19.9 Å². The number of nitrogens with zero attached hydrogens (tertiary/aromatic N) is 3. The largest absolute Gasteiger partial charge is 0.462 e. The van der Waals surface area contributed by atoms with Crippen LogP contribution in [-0.4, -0.2) is 82.1 Å². The second-order valence-corrected chi connectivity index (χ2v) is 17.5. The number of aryl methyl sites for hydroxylation is 3. The van der Waals surface area contributed by atoms with Crippen molar-refractivity contribution in [2.24, 2.45) is 12.8 Å². The van der Waals surface area contributed by atoms with E-state index >= 15 is 0 Å². The lowest BCUT2D eigenvalue weighted by Gasteiger charge is -2.30. The first-order valence-electron chi connectivity index (χ1n) is 22.8. The van der Waals surface area contributed by atoms with Gasteiger partial charge in [-0.05, 0) is 91.8 Å². The first-order chi connectivity index (χ1) is 31.3. The van der Waals surface area contributed by atoms with Crippen LogP contribution in [0.1, 0.15) is 105 Å². The van der Waals surface area contributed by atoms with Crippen molar-refractivity contribution < 1.29 is 43.0 Å². The highest BCUT2D eigenvalue weighted by Crippen LogP contribution is 2.39. The second kappa shape index (κ2) is 21.2. The highest BCUT2D eigenvalue weighted by atomic mass is 16.5. The van der Waals surface area contributed by atoms with Gasteiger partial charge in [-0.15, -0.1) is 0 Å². The van der Waals surface area contributed by atoms with Crippen molar-refractivity contribution in [3.63, 3.8) is 0 Å². The van der Waals surface area contributed by atoms with Crippen molar-refractivity contribution in [3.05, 3.63) is 99.0 Å². The Morgan fingerprint density at radius 1 is 0.862 bits per heavy atom. The Morgan fingerprint density at radius 3 is 2.31 bits per heavy atom. The number of ether oxygens (including phenoxy) is 3. The van der Waals surface area contributed by atoms with E-state index in [2.05, 4.69) is 22.8 Å². The number of aromatic nitrogens is 2. The van der Waals surface area contributed by atoms with Gasteiger partial charge in [-0.3, -0.25) is 48.1 Å². The van der Waals surface area contributed by atoms with Crippen molar-refractivity contribution in [1.29, 1.82) is 0 Å². The smallest absolute Gasteiger partial charge is 0.329 e. The molecule has 1 saturated heterocycles. The molecule has 4 aromatic rings. The number of imide groups is 1. The number of esters is 1. The van der Waals surface area contributed by atoms with Gasteiger partial charge in [-0.2, -0.15) is 0 Å². The Kier molecular flexibility index (Phi) is 15.3. The van der Waals surface area contributed by atoms with Crippen molar-refractivity contribution in [3.8, 4) is 0 Å². The van der Waals surface area contributed by atoms with Crippen LogP contribution >= 0.6 is 0 Å². The average Bonchev–Trinajstić information content (AvgIpc) is 3.74. The maximum Gasteiger partial charge on any atom is 0.329 e. The van der Waals surface area contributed by atoms with Gasteiger partial charge in [0, 0.05) is 52.9 Å². The van der Waals surface area contributed by atoms with Gasteiger partial charge in [-0.1, -0.05) is 55.0 Å². The van der Waals surface area contributed by atoms with Crippen molar-refractivity contribution in [2.75, 3.05) is 18.1 Å². The summed E-state index contributed by atoms with van der Waals surface area (Å²) >= 11 is 0. The zero-order chi connectivity index (χ0) is 46.2. The molecule has 2 unspecified atom stereocenters. The normalized spacial score (nSPS) is 19.1. The number of para-hydroxylation sites is 1. The molecule has 4 heterocycles. The van der Waals surface area contributed by atoms with Crippen LogP contribution in [0.4, 0.5) is 5.69 Å². The minimum absolute atomic E-state index is 0.0291. The molecule has 3 aliphatic heterocycles. The highest BCUT2D eigenvalue weighted by Gasteiger charge is 2.43. The molecule has 1 aromatic heterocycles. The van der Waals surface area contributed by atoms with Gasteiger partial charge < -0.3 is 25.3 Å². The van der Waals surface area contributed by atoms with Crippen LogP contribution in [0.25, 0.3) is 11.0 Å². The monoisotopic (exact) mass is 892 g/mol. The summed E-state index contributed by atoms with van der Waals surface area (Å²) in [5.41, 5.74) is 12.4. The predicted octanol–water partition coefficient (Wildman–Crippen LogP) is 4.17. The fourth-order valence-corrected chi connectivity index (χ4v) is 9.31. The number of nitrogens with two attached hydrogens (primary N) is 1. The fraction of sp³-hybridized carbons (Fsp3) is 0.490. The number of benzene rings is 3. The van der Waals surface area contributed by atoms with Crippen LogP contribution in [0.3, 0.4) is 0 Å². The summed E-state index contributed by atoms with van der Waals surface area (Å²) in [5.74, 6) is -2.34. The van der Waals surface area contributed by atoms with Gasteiger partial charge in [0.1, 0.15) is 18.2 Å². The minimum Gasteiger partial charge on any atom is -0.462 e. The molecule has 7 rings (SSSR count). The average molecular weight is 893 g/mol. The minimum atomic E-state index is -0.800. The quantitative estimate of drug-likeness (QED) is 0.0618. The number of imidazole rings is 1.